The second-order valence-electron chi connectivity index (χ2n) is 5.39. The van der Waals surface area contributed by atoms with Gasteiger partial charge in [0.05, 0.1) is 6.10 Å². The van der Waals surface area contributed by atoms with E-state index in [1.165, 1.54) is 4.57 Å². The molecule has 21 heavy (non-hydrogen) atoms. The Morgan fingerprint density at radius 1 is 1.57 bits per heavy atom. The molecular weight excluding hydrogens is 276 g/mol. The lowest BCUT2D eigenvalue weighted by atomic mass is 9.97. The van der Waals surface area contributed by atoms with Crippen LogP contribution in [0.15, 0.2) is 9.59 Å². The van der Waals surface area contributed by atoms with Crippen LogP contribution in [-0.4, -0.2) is 39.5 Å². The second kappa shape index (κ2) is 5.90. The van der Waals surface area contributed by atoms with Gasteiger partial charge in [-0.15, -0.1) is 0 Å². The van der Waals surface area contributed by atoms with Crippen molar-refractivity contribution in [1.29, 1.82) is 0 Å². The average Bonchev–Trinajstić information content (AvgIpc) is 2.74. The van der Waals surface area contributed by atoms with Gasteiger partial charge in [-0.1, -0.05) is 6.92 Å². The molecule has 2 atom stereocenters. The number of anilines is 2. The van der Waals surface area contributed by atoms with Crippen LogP contribution in [0.4, 0.5) is 11.5 Å². The molecule has 0 saturated carbocycles. The van der Waals surface area contributed by atoms with Gasteiger partial charge in [0, 0.05) is 26.1 Å². The summed E-state index contributed by atoms with van der Waals surface area (Å²) < 4.78 is 6.64. The van der Waals surface area contributed by atoms with Crippen LogP contribution >= 0.6 is 0 Å². The molecule has 0 aromatic carbocycles. The van der Waals surface area contributed by atoms with Gasteiger partial charge in [-0.25, -0.2) is 4.79 Å². The highest BCUT2D eigenvalue weighted by Crippen LogP contribution is 2.26. The average molecular weight is 298 g/mol. The molecule has 0 aliphatic carbocycles. The van der Waals surface area contributed by atoms with Gasteiger partial charge in [0.2, 0.25) is 0 Å². The van der Waals surface area contributed by atoms with Crippen LogP contribution in [0.3, 0.4) is 0 Å². The fraction of sp³-hybridized carbons (Fsp3) is 0.692. The molecule has 5 N–H and O–H groups in total. The number of hydrogen-bond donors (Lipinski definition) is 4. The maximum atomic E-state index is 11.9. The molecular formula is C13H22N4O4. The summed E-state index contributed by atoms with van der Waals surface area (Å²) in [6.07, 6.45) is 0.865. The van der Waals surface area contributed by atoms with Crippen LogP contribution in [0.1, 0.15) is 26.7 Å². The molecule has 1 aromatic heterocycles. The zero-order valence-electron chi connectivity index (χ0n) is 12.3. The zero-order valence-corrected chi connectivity index (χ0v) is 12.3. The Kier molecular flexibility index (Phi) is 4.38. The van der Waals surface area contributed by atoms with Gasteiger partial charge in [-0.2, -0.15) is 0 Å². The number of aliphatic hydroxyl groups is 1. The monoisotopic (exact) mass is 298 g/mol. The van der Waals surface area contributed by atoms with E-state index < -0.39 is 16.9 Å². The fourth-order valence-corrected chi connectivity index (χ4v) is 2.45. The first-order valence-corrected chi connectivity index (χ1v) is 7.09. The highest BCUT2D eigenvalue weighted by Gasteiger charge is 2.39. The number of ether oxygens (including phenoxy) is 1. The summed E-state index contributed by atoms with van der Waals surface area (Å²) in [4.78, 5) is 25.8. The quantitative estimate of drug-likeness (QED) is 0.580. The largest absolute Gasteiger partial charge is 0.385 e. The van der Waals surface area contributed by atoms with Crippen molar-refractivity contribution >= 4 is 11.5 Å². The summed E-state index contributed by atoms with van der Waals surface area (Å²) in [6.45, 7) is 4.71. The molecule has 8 heteroatoms. The minimum absolute atomic E-state index is 0.0840. The van der Waals surface area contributed by atoms with E-state index in [1.54, 1.807) is 6.92 Å². The lowest BCUT2D eigenvalue weighted by Gasteiger charge is -2.26. The van der Waals surface area contributed by atoms with Gasteiger partial charge in [0.15, 0.2) is 0 Å². The third-order valence-electron chi connectivity index (χ3n) is 3.92. The van der Waals surface area contributed by atoms with Crippen LogP contribution < -0.4 is 22.3 Å². The molecule has 1 saturated heterocycles. The molecule has 0 amide bonds. The van der Waals surface area contributed by atoms with Gasteiger partial charge in [-0.05, 0) is 13.3 Å². The van der Waals surface area contributed by atoms with Crippen LogP contribution in [0.25, 0.3) is 0 Å². The van der Waals surface area contributed by atoms with E-state index in [-0.39, 0.29) is 24.2 Å². The van der Waals surface area contributed by atoms with Crippen molar-refractivity contribution in [3.8, 4) is 0 Å². The minimum Gasteiger partial charge on any atom is -0.385 e. The number of aromatic amines is 1. The normalized spacial score (nSPS) is 25.2. The maximum Gasteiger partial charge on any atom is 0.330 e. The van der Waals surface area contributed by atoms with E-state index in [0.29, 0.717) is 26.0 Å². The first-order valence-electron chi connectivity index (χ1n) is 7.09. The number of rotatable bonds is 5. The smallest absolute Gasteiger partial charge is 0.330 e. The molecule has 0 spiro atoms. The predicted octanol–water partition coefficient (Wildman–Crippen LogP) is -0.519. The third kappa shape index (κ3) is 2.96. The molecule has 1 fully saturated rings. The van der Waals surface area contributed by atoms with E-state index in [4.69, 9.17) is 10.5 Å². The van der Waals surface area contributed by atoms with Crippen molar-refractivity contribution in [3.05, 3.63) is 20.8 Å². The van der Waals surface area contributed by atoms with Crippen molar-refractivity contribution < 1.29 is 9.84 Å². The minimum atomic E-state index is -1.05. The number of nitrogens with one attached hydrogen (secondary N) is 2. The van der Waals surface area contributed by atoms with E-state index in [0.717, 1.165) is 0 Å². The summed E-state index contributed by atoms with van der Waals surface area (Å²) >= 11 is 0. The molecule has 0 radical (unpaired) electrons. The van der Waals surface area contributed by atoms with E-state index in [9.17, 15) is 14.7 Å². The molecule has 1 aromatic rings. The van der Waals surface area contributed by atoms with Crippen molar-refractivity contribution in [2.24, 2.45) is 0 Å². The Hall–Kier alpha value is -1.80. The molecule has 8 nitrogen and oxygen atoms in total. The molecule has 1 aliphatic rings. The zero-order chi connectivity index (χ0) is 15.6. The summed E-state index contributed by atoms with van der Waals surface area (Å²) in [6, 6.07) is 0. The fourth-order valence-electron chi connectivity index (χ4n) is 2.45. The van der Waals surface area contributed by atoms with Gasteiger partial charge >= 0.3 is 5.69 Å². The number of nitrogens with two attached hydrogens (primary N) is 1. The van der Waals surface area contributed by atoms with Crippen molar-refractivity contribution in [1.82, 2.24) is 9.55 Å². The second-order valence-corrected chi connectivity index (χ2v) is 5.39. The number of nitrogens with zero attached hydrogens (tertiary/aromatic N) is 1. The SMILES string of the molecule is CCCn1c(N)c(NCC2(O)CCOC2C)c(=O)[nH]c1=O. The van der Waals surface area contributed by atoms with Gasteiger partial charge in [0.1, 0.15) is 17.1 Å². The molecule has 2 rings (SSSR count). The van der Waals surface area contributed by atoms with E-state index >= 15 is 0 Å². The van der Waals surface area contributed by atoms with Crippen LogP contribution in [0.5, 0.6) is 0 Å². The number of H-pyrrole nitrogens is 1. The summed E-state index contributed by atoms with van der Waals surface area (Å²) in [7, 11) is 0. The Morgan fingerprint density at radius 2 is 2.29 bits per heavy atom. The summed E-state index contributed by atoms with van der Waals surface area (Å²) in [5.74, 6) is 0.0840. The first-order chi connectivity index (χ1) is 9.89. The molecule has 2 heterocycles. The van der Waals surface area contributed by atoms with Crippen LogP contribution in [-0.2, 0) is 11.3 Å². The molecule has 2 unspecified atom stereocenters. The lowest BCUT2D eigenvalue weighted by molar-refractivity contribution is -0.0176. The van der Waals surface area contributed by atoms with E-state index in [2.05, 4.69) is 10.3 Å². The summed E-state index contributed by atoms with van der Waals surface area (Å²) in [5.41, 5.74) is 3.85. The Labute approximate surface area is 121 Å². The van der Waals surface area contributed by atoms with Crippen molar-refractivity contribution in [3.63, 3.8) is 0 Å². The van der Waals surface area contributed by atoms with Crippen LogP contribution in [0.2, 0.25) is 0 Å². The van der Waals surface area contributed by atoms with Crippen molar-refractivity contribution in [2.45, 2.75) is 44.9 Å². The van der Waals surface area contributed by atoms with Gasteiger partial charge in [-0.3, -0.25) is 14.3 Å². The van der Waals surface area contributed by atoms with Gasteiger partial charge in [0.25, 0.3) is 5.56 Å². The third-order valence-corrected chi connectivity index (χ3v) is 3.92. The Morgan fingerprint density at radius 3 is 2.86 bits per heavy atom. The van der Waals surface area contributed by atoms with Crippen LogP contribution in [0, 0.1) is 0 Å². The highest BCUT2D eigenvalue weighted by atomic mass is 16.5. The van der Waals surface area contributed by atoms with E-state index in [1.807, 2.05) is 6.92 Å². The number of nitrogen functional groups attached to an aromatic ring is 1. The molecule has 118 valence electrons. The maximum absolute atomic E-state index is 11.9. The summed E-state index contributed by atoms with van der Waals surface area (Å²) in [5, 5.41) is 13.3. The lowest BCUT2D eigenvalue weighted by Crippen LogP contribution is -2.44. The molecule has 0 bridgehead atoms. The Bertz CT molecular complexity index is 624. The molecule has 1 aliphatic heterocycles. The Balaban J connectivity index is 2.26. The number of hydrogen-bond acceptors (Lipinski definition) is 6. The van der Waals surface area contributed by atoms with Gasteiger partial charge < -0.3 is 20.9 Å². The standard InChI is InChI=1S/C13H22N4O4/c1-3-5-17-10(14)9(11(18)16-12(17)19)15-7-13(20)4-6-21-8(13)2/h8,15,20H,3-7,14H2,1-2H3,(H,16,18,19). The highest BCUT2D eigenvalue weighted by molar-refractivity contribution is 5.60. The number of aromatic nitrogens is 2. The predicted molar refractivity (Wildman–Crippen MR) is 79.5 cm³/mol. The first kappa shape index (κ1) is 15.6. The topological polar surface area (TPSA) is 122 Å². The van der Waals surface area contributed by atoms with Crippen molar-refractivity contribution in [2.75, 3.05) is 24.2 Å².